The lowest BCUT2D eigenvalue weighted by atomic mass is 10.1. The predicted octanol–water partition coefficient (Wildman–Crippen LogP) is 4.36. The van der Waals surface area contributed by atoms with Crippen molar-refractivity contribution in [3.8, 4) is 0 Å². The summed E-state index contributed by atoms with van der Waals surface area (Å²) in [6.07, 6.45) is 4.15. The second kappa shape index (κ2) is 8.08. The molecular weight excluding hydrogens is 282 g/mol. The van der Waals surface area contributed by atoms with Gasteiger partial charge in [0.05, 0.1) is 0 Å². The Morgan fingerprint density at radius 2 is 1.52 bits per heavy atom. The Kier molecular flexibility index (Phi) is 5.87. The third-order valence-electron chi connectivity index (χ3n) is 3.71. The minimum Gasteiger partial charge on any atom is -0.353 e. The van der Waals surface area contributed by atoms with Crippen molar-refractivity contribution in [1.29, 1.82) is 5.41 Å². The SMILES string of the molecule is C/C=C\C(C)N(C)C(=NC(=N)c1ccccc1)c1ccccc1. The number of nitrogens with one attached hydrogen (secondary N) is 1. The molecule has 0 spiro atoms. The maximum absolute atomic E-state index is 8.31. The zero-order valence-corrected chi connectivity index (χ0v) is 13.9. The van der Waals surface area contributed by atoms with Crippen LogP contribution in [0.1, 0.15) is 25.0 Å². The molecule has 0 heterocycles. The van der Waals surface area contributed by atoms with Crippen molar-refractivity contribution in [3.63, 3.8) is 0 Å². The Hall–Kier alpha value is -2.68. The van der Waals surface area contributed by atoms with Crippen molar-refractivity contribution in [2.45, 2.75) is 19.9 Å². The van der Waals surface area contributed by atoms with Gasteiger partial charge in [0, 0.05) is 24.2 Å². The summed E-state index contributed by atoms with van der Waals surface area (Å²) in [6.45, 7) is 4.13. The van der Waals surface area contributed by atoms with Crippen LogP contribution in [0.2, 0.25) is 0 Å². The number of rotatable bonds is 4. The van der Waals surface area contributed by atoms with E-state index < -0.39 is 0 Å². The minimum atomic E-state index is 0.197. The molecule has 0 aliphatic heterocycles. The second-order valence-corrected chi connectivity index (χ2v) is 5.39. The molecule has 2 rings (SSSR count). The minimum absolute atomic E-state index is 0.197. The highest BCUT2D eigenvalue weighted by Gasteiger charge is 2.15. The van der Waals surface area contributed by atoms with Gasteiger partial charge in [0.25, 0.3) is 0 Å². The summed E-state index contributed by atoms with van der Waals surface area (Å²) < 4.78 is 0. The Bertz CT molecular complexity index is 687. The topological polar surface area (TPSA) is 39.5 Å². The average molecular weight is 305 g/mol. The van der Waals surface area contributed by atoms with Gasteiger partial charge in [-0.2, -0.15) is 0 Å². The number of hydrogen-bond acceptors (Lipinski definition) is 1. The molecule has 1 unspecified atom stereocenters. The Morgan fingerprint density at radius 1 is 1.00 bits per heavy atom. The van der Waals surface area contributed by atoms with Gasteiger partial charge in [-0.1, -0.05) is 72.8 Å². The number of allylic oxidation sites excluding steroid dienone is 1. The van der Waals surface area contributed by atoms with E-state index in [1.807, 2.05) is 80.7 Å². The molecule has 0 fully saturated rings. The van der Waals surface area contributed by atoms with Gasteiger partial charge in [0.1, 0.15) is 5.84 Å². The quantitative estimate of drug-likeness (QED) is 0.509. The van der Waals surface area contributed by atoms with Crippen LogP contribution >= 0.6 is 0 Å². The molecule has 1 N–H and O–H groups in total. The Morgan fingerprint density at radius 3 is 2.04 bits per heavy atom. The van der Waals surface area contributed by atoms with E-state index in [4.69, 9.17) is 5.41 Å². The van der Waals surface area contributed by atoms with Crippen LogP contribution in [0, 0.1) is 5.41 Å². The summed E-state index contributed by atoms with van der Waals surface area (Å²) in [5.74, 6) is 1.06. The van der Waals surface area contributed by atoms with Crippen LogP contribution in [0.3, 0.4) is 0 Å². The van der Waals surface area contributed by atoms with E-state index in [9.17, 15) is 0 Å². The van der Waals surface area contributed by atoms with Crippen LogP contribution < -0.4 is 0 Å². The fraction of sp³-hybridized carbons (Fsp3) is 0.200. The average Bonchev–Trinajstić information content (AvgIpc) is 2.60. The smallest absolute Gasteiger partial charge is 0.154 e. The number of benzene rings is 2. The van der Waals surface area contributed by atoms with Crippen molar-refractivity contribution in [3.05, 3.63) is 83.9 Å². The van der Waals surface area contributed by atoms with Gasteiger partial charge >= 0.3 is 0 Å². The van der Waals surface area contributed by atoms with Crippen LogP contribution in [0.5, 0.6) is 0 Å². The Balaban J connectivity index is 2.41. The normalized spacial score (nSPS) is 13.1. The molecule has 23 heavy (non-hydrogen) atoms. The molecule has 2 aromatic carbocycles. The van der Waals surface area contributed by atoms with Crippen LogP contribution in [0.4, 0.5) is 0 Å². The van der Waals surface area contributed by atoms with Crippen LogP contribution in [0.15, 0.2) is 77.8 Å². The lowest BCUT2D eigenvalue weighted by Gasteiger charge is -2.26. The van der Waals surface area contributed by atoms with Gasteiger partial charge in [0.2, 0.25) is 0 Å². The molecule has 0 saturated carbocycles. The van der Waals surface area contributed by atoms with Gasteiger partial charge < -0.3 is 4.90 Å². The van der Waals surface area contributed by atoms with Crippen LogP contribution in [-0.2, 0) is 0 Å². The van der Waals surface area contributed by atoms with E-state index in [1.54, 1.807) is 0 Å². The molecule has 3 heteroatoms. The van der Waals surface area contributed by atoms with Crippen LogP contribution in [-0.4, -0.2) is 29.7 Å². The number of likely N-dealkylation sites (N-methyl/N-ethyl adjacent to an activating group) is 1. The first-order valence-corrected chi connectivity index (χ1v) is 7.77. The third kappa shape index (κ3) is 4.39. The van der Waals surface area contributed by atoms with Crippen molar-refractivity contribution in [2.75, 3.05) is 7.05 Å². The number of aliphatic imine (C=N–C) groups is 1. The number of nitrogens with zero attached hydrogens (tertiary/aromatic N) is 2. The number of amidine groups is 2. The molecule has 0 aliphatic carbocycles. The van der Waals surface area contributed by atoms with Gasteiger partial charge in [-0.05, 0) is 13.8 Å². The maximum atomic E-state index is 8.31. The van der Waals surface area contributed by atoms with Crippen LogP contribution in [0.25, 0.3) is 0 Å². The predicted molar refractivity (Wildman–Crippen MR) is 98.3 cm³/mol. The van der Waals surface area contributed by atoms with E-state index in [0.29, 0.717) is 0 Å². The fourth-order valence-corrected chi connectivity index (χ4v) is 2.30. The maximum Gasteiger partial charge on any atom is 0.154 e. The molecule has 0 amide bonds. The zero-order chi connectivity index (χ0) is 16.7. The van der Waals surface area contributed by atoms with E-state index in [-0.39, 0.29) is 11.9 Å². The standard InChI is InChI=1S/C20H23N3/c1-4-11-16(2)23(3)20(18-14-9-6-10-15-18)22-19(21)17-12-7-5-8-13-17/h4-16,21H,1-3H3/b11-4-,21-19?,22-20?. The monoisotopic (exact) mass is 305 g/mol. The van der Waals surface area contributed by atoms with Crippen molar-refractivity contribution < 1.29 is 0 Å². The molecular formula is C20H23N3. The second-order valence-electron chi connectivity index (χ2n) is 5.39. The molecule has 118 valence electrons. The lowest BCUT2D eigenvalue weighted by molar-refractivity contribution is 0.453. The molecule has 1 atom stereocenters. The fourth-order valence-electron chi connectivity index (χ4n) is 2.30. The number of hydrogen-bond donors (Lipinski definition) is 1. The highest BCUT2D eigenvalue weighted by Crippen LogP contribution is 2.11. The van der Waals surface area contributed by atoms with Gasteiger partial charge in [0.15, 0.2) is 5.84 Å². The first-order chi connectivity index (χ1) is 11.1. The Labute approximate surface area is 138 Å². The lowest BCUT2D eigenvalue weighted by Crippen LogP contribution is -2.35. The summed E-state index contributed by atoms with van der Waals surface area (Å²) in [6, 6.07) is 19.8. The van der Waals surface area contributed by atoms with Gasteiger partial charge in [-0.25, -0.2) is 4.99 Å². The molecule has 0 radical (unpaired) electrons. The van der Waals surface area contributed by atoms with E-state index >= 15 is 0 Å². The summed E-state index contributed by atoms with van der Waals surface area (Å²) in [5.41, 5.74) is 1.82. The van der Waals surface area contributed by atoms with Gasteiger partial charge in [-0.15, -0.1) is 0 Å². The third-order valence-corrected chi connectivity index (χ3v) is 3.71. The first-order valence-electron chi connectivity index (χ1n) is 7.77. The van der Waals surface area contributed by atoms with E-state index in [0.717, 1.165) is 17.0 Å². The molecule has 0 aliphatic rings. The highest BCUT2D eigenvalue weighted by atomic mass is 15.2. The van der Waals surface area contributed by atoms with Crippen molar-refractivity contribution >= 4 is 11.7 Å². The molecule has 0 saturated heterocycles. The van der Waals surface area contributed by atoms with E-state index in [2.05, 4.69) is 22.9 Å². The zero-order valence-electron chi connectivity index (χ0n) is 13.9. The largest absolute Gasteiger partial charge is 0.353 e. The highest BCUT2D eigenvalue weighted by molar-refractivity contribution is 6.10. The van der Waals surface area contributed by atoms with Crippen molar-refractivity contribution in [2.24, 2.45) is 4.99 Å². The summed E-state index contributed by atoms with van der Waals surface area (Å²) in [5, 5.41) is 8.31. The first kappa shape index (κ1) is 16.7. The van der Waals surface area contributed by atoms with E-state index in [1.165, 1.54) is 0 Å². The van der Waals surface area contributed by atoms with Crippen molar-refractivity contribution in [1.82, 2.24) is 4.90 Å². The summed E-state index contributed by atoms with van der Waals surface area (Å²) >= 11 is 0. The molecule has 0 aromatic heterocycles. The molecule has 2 aromatic rings. The summed E-state index contributed by atoms with van der Waals surface area (Å²) in [7, 11) is 2.01. The molecule has 0 bridgehead atoms. The molecule has 3 nitrogen and oxygen atoms in total. The van der Waals surface area contributed by atoms with Gasteiger partial charge in [-0.3, -0.25) is 5.41 Å². The summed E-state index contributed by atoms with van der Waals surface area (Å²) in [4.78, 5) is 6.70.